The van der Waals surface area contributed by atoms with Crippen molar-refractivity contribution in [3.05, 3.63) is 39.8 Å². The van der Waals surface area contributed by atoms with Gasteiger partial charge < -0.3 is 10.1 Å². The molecule has 18 heavy (non-hydrogen) atoms. The zero-order valence-electron chi connectivity index (χ0n) is 11.2. The fourth-order valence-electron chi connectivity index (χ4n) is 1.82. The van der Waals surface area contributed by atoms with Crippen LogP contribution in [0.5, 0.6) is 5.75 Å². The Kier molecular flexibility index (Phi) is 3.87. The van der Waals surface area contributed by atoms with Crippen LogP contribution in [0, 0.1) is 13.8 Å². The number of nitrogens with zero attached hydrogens (tertiary/aromatic N) is 1. The number of thiazole rings is 1. The first-order chi connectivity index (χ1) is 8.60. The lowest BCUT2D eigenvalue weighted by Gasteiger charge is -2.16. The van der Waals surface area contributed by atoms with E-state index in [1.165, 1.54) is 5.56 Å². The van der Waals surface area contributed by atoms with Crippen molar-refractivity contribution in [2.75, 3.05) is 12.4 Å². The molecule has 96 valence electrons. The minimum Gasteiger partial charge on any atom is -0.495 e. The predicted octanol–water partition coefficient (Wildman–Crippen LogP) is 3.94. The van der Waals surface area contributed by atoms with Crippen molar-refractivity contribution < 1.29 is 4.74 Å². The molecule has 0 amide bonds. The van der Waals surface area contributed by atoms with E-state index in [-0.39, 0.29) is 6.04 Å². The first-order valence-corrected chi connectivity index (χ1v) is 6.81. The van der Waals surface area contributed by atoms with Gasteiger partial charge in [-0.25, -0.2) is 4.98 Å². The second kappa shape index (κ2) is 5.40. The summed E-state index contributed by atoms with van der Waals surface area (Å²) in [5.41, 5.74) is 3.29. The Bertz CT molecular complexity index is 536. The number of methoxy groups -OCH3 is 1. The van der Waals surface area contributed by atoms with Crippen molar-refractivity contribution in [2.45, 2.75) is 26.8 Å². The van der Waals surface area contributed by atoms with Crippen LogP contribution in [0.2, 0.25) is 0 Å². The summed E-state index contributed by atoms with van der Waals surface area (Å²) in [6.07, 6.45) is 0. The highest BCUT2D eigenvalue weighted by Crippen LogP contribution is 2.29. The zero-order chi connectivity index (χ0) is 13.1. The Morgan fingerprint density at radius 3 is 2.72 bits per heavy atom. The number of hydrogen-bond donors (Lipinski definition) is 1. The summed E-state index contributed by atoms with van der Waals surface area (Å²) in [6.45, 7) is 6.20. The first-order valence-electron chi connectivity index (χ1n) is 5.93. The molecule has 0 aliphatic heterocycles. The second-order valence-corrected chi connectivity index (χ2v) is 5.42. The largest absolute Gasteiger partial charge is 0.495 e. The van der Waals surface area contributed by atoms with Gasteiger partial charge in [0.25, 0.3) is 0 Å². The molecule has 0 saturated heterocycles. The van der Waals surface area contributed by atoms with Crippen LogP contribution < -0.4 is 10.1 Å². The number of nitrogens with one attached hydrogen (secondary N) is 1. The Hall–Kier alpha value is -1.55. The normalized spacial score (nSPS) is 12.2. The van der Waals surface area contributed by atoms with E-state index in [4.69, 9.17) is 4.74 Å². The Labute approximate surface area is 112 Å². The van der Waals surface area contributed by atoms with Crippen LogP contribution in [0.1, 0.15) is 29.2 Å². The van der Waals surface area contributed by atoms with Gasteiger partial charge in [-0.3, -0.25) is 0 Å². The van der Waals surface area contributed by atoms with Crippen molar-refractivity contribution in [1.82, 2.24) is 4.98 Å². The number of anilines is 1. The number of aromatic nitrogens is 1. The van der Waals surface area contributed by atoms with E-state index in [1.807, 2.05) is 19.1 Å². The van der Waals surface area contributed by atoms with Crippen LogP contribution in [-0.4, -0.2) is 12.1 Å². The molecule has 4 heteroatoms. The summed E-state index contributed by atoms with van der Waals surface area (Å²) in [7, 11) is 1.69. The van der Waals surface area contributed by atoms with E-state index in [2.05, 4.69) is 35.6 Å². The van der Waals surface area contributed by atoms with Crippen molar-refractivity contribution >= 4 is 17.0 Å². The van der Waals surface area contributed by atoms with E-state index in [0.717, 1.165) is 22.1 Å². The van der Waals surface area contributed by atoms with Crippen LogP contribution in [0.25, 0.3) is 0 Å². The minimum absolute atomic E-state index is 0.172. The van der Waals surface area contributed by atoms with E-state index < -0.39 is 0 Å². The molecule has 1 heterocycles. The molecule has 0 aliphatic rings. The van der Waals surface area contributed by atoms with Crippen molar-refractivity contribution in [3.8, 4) is 5.75 Å². The fraction of sp³-hybridized carbons (Fsp3) is 0.357. The number of aryl methyl sites for hydroxylation is 2. The monoisotopic (exact) mass is 262 g/mol. The zero-order valence-corrected chi connectivity index (χ0v) is 12.0. The van der Waals surface area contributed by atoms with Gasteiger partial charge in [-0.15, -0.1) is 11.3 Å². The van der Waals surface area contributed by atoms with E-state index >= 15 is 0 Å². The van der Waals surface area contributed by atoms with Gasteiger partial charge in [0, 0.05) is 5.38 Å². The smallest absolute Gasteiger partial charge is 0.141 e. The van der Waals surface area contributed by atoms with Gasteiger partial charge in [0.1, 0.15) is 5.75 Å². The Balaban J connectivity index is 2.20. The number of benzene rings is 1. The number of hydrogen-bond acceptors (Lipinski definition) is 4. The maximum Gasteiger partial charge on any atom is 0.141 e. The SMILES string of the molecule is COc1ccc(C)cc1NC(C)c1csc(C)n1. The van der Waals surface area contributed by atoms with Gasteiger partial charge >= 0.3 is 0 Å². The Morgan fingerprint density at radius 1 is 1.33 bits per heavy atom. The third kappa shape index (κ3) is 2.82. The molecule has 1 aromatic heterocycles. The molecule has 1 N–H and O–H groups in total. The Morgan fingerprint density at radius 2 is 2.11 bits per heavy atom. The molecule has 1 atom stereocenters. The molecule has 1 unspecified atom stereocenters. The summed E-state index contributed by atoms with van der Waals surface area (Å²) in [6, 6.07) is 6.29. The van der Waals surface area contributed by atoms with Gasteiger partial charge in [0.05, 0.1) is 29.5 Å². The third-order valence-corrected chi connectivity index (χ3v) is 3.60. The molecule has 2 rings (SSSR count). The quantitative estimate of drug-likeness (QED) is 0.906. The van der Waals surface area contributed by atoms with Gasteiger partial charge in [-0.05, 0) is 38.5 Å². The minimum atomic E-state index is 0.172. The van der Waals surface area contributed by atoms with Gasteiger partial charge in [0.2, 0.25) is 0 Å². The molecule has 0 aliphatic carbocycles. The molecule has 1 aromatic carbocycles. The van der Waals surface area contributed by atoms with E-state index in [0.29, 0.717) is 0 Å². The molecule has 0 radical (unpaired) electrons. The predicted molar refractivity (Wildman–Crippen MR) is 76.6 cm³/mol. The van der Waals surface area contributed by atoms with Gasteiger partial charge in [0.15, 0.2) is 0 Å². The highest BCUT2D eigenvalue weighted by Gasteiger charge is 2.11. The van der Waals surface area contributed by atoms with Crippen molar-refractivity contribution in [1.29, 1.82) is 0 Å². The topological polar surface area (TPSA) is 34.1 Å². The summed E-state index contributed by atoms with van der Waals surface area (Å²) in [5, 5.41) is 6.64. The van der Waals surface area contributed by atoms with E-state index in [9.17, 15) is 0 Å². The molecule has 0 saturated carbocycles. The third-order valence-electron chi connectivity index (χ3n) is 2.81. The summed E-state index contributed by atoms with van der Waals surface area (Å²) < 4.78 is 5.36. The first kappa shape index (κ1) is 12.9. The lowest BCUT2D eigenvalue weighted by atomic mass is 10.1. The lowest BCUT2D eigenvalue weighted by Crippen LogP contribution is -2.08. The standard InChI is InChI=1S/C14H18N2OS/c1-9-5-6-14(17-4)12(7-9)15-10(2)13-8-18-11(3)16-13/h5-8,10,15H,1-4H3. The second-order valence-electron chi connectivity index (χ2n) is 4.36. The maximum atomic E-state index is 5.36. The molecule has 0 spiro atoms. The van der Waals surface area contributed by atoms with Gasteiger partial charge in [-0.1, -0.05) is 6.07 Å². The number of ether oxygens (including phenoxy) is 1. The number of rotatable bonds is 4. The van der Waals surface area contributed by atoms with Crippen molar-refractivity contribution in [3.63, 3.8) is 0 Å². The molecular weight excluding hydrogens is 244 g/mol. The van der Waals surface area contributed by atoms with Crippen LogP contribution in [0.15, 0.2) is 23.6 Å². The van der Waals surface area contributed by atoms with Crippen LogP contribution in [-0.2, 0) is 0 Å². The molecule has 3 nitrogen and oxygen atoms in total. The molecular formula is C14H18N2OS. The highest BCUT2D eigenvalue weighted by atomic mass is 32.1. The average molecular weight is 262 g/mol. The fourth-order valence-corrected chi connectivity index (χ4v) is 2.53. The summed E-state index contributed by atoms with van der Waals surface area (Å²) >= 11 is 1.67. The summed E-state index contributed by atoms with van der Waals surface area (Å²) in [4.78, 5) is 4.50. The van der Waals surface area contributed by atoms with Crippen molar-refractivity contribution in [2.24, 2.45) is 0 Å². The van der Waals surface area contributed by atoms with E-state index in [1.54, 1.807) is 18.4 Å². The molecule has 0 bridgehead atoms. The van der Waals surface area contributed by atoms with Crippen LogP contribution >= 0.6 is 11.3 Å². The highest BCUT2D eigenvalue weighted by molar-refractivity contribution is 7.09. The summed E-state index contributed by atoms with van der Waals surface area (Å²) in [5.74, 6) is 0.861. The van der Waals surface area contributed by atoms with Crippen LogP contribution in [0.4, 0.5) is 5.69 Å². The molecule has 2 aromatic rings. The lowest BCUT2D eigenvalue weighted by molar-refractivity contribution is 0.416. The average Bonchev–Trinajstić information content (AvgIpc) is 2.76. The molecule has 0 fully saturated rings. The maximum absolute atomic E-state index is 5.36. The van der Waals surface area contributed by atoms with Gasteiger partial charge in [-0.2, -0.15) is 0 Å². The van der Waals surface area contributed by atoms with Crippen LogP contribution in [0.3, 0.4) is 0 Å².